The summed E-state index contributed by atoms with van der Waals surface area (Å²) in [4.78, 5) is 35.6. The van der Waals surface area contributed by atoms with Gasteiger partial charge in [-0.1, -0.05) is 75.2 Å². The SMILES string of the molecule is CC(=O)OC[C@H]1O[C@@H](c2ccc(Br)c(Cc3ccc4c(c3)OCCO4)c2)[C@H](OC(C)=O)[C@@H](OC(C)=O)[C@@H]1C.OC[C@H]1O[C@@H](c2ccc(Br)c(Cc3ccc4c(c3)OCCO4)c2)[C@H](O)[C@@H](O)[C@@H]1O. The lowest BCUT2D eigenvalue weighted by atomic mass is 9.85. The van der Waals surface area contributed by atoms with E-state index in [2.05, 4.69) is 31.9 Å². The number of rotatable bonds is 11. The Hall–Kier alpha value is -4.79. The fraction of sp³-hybridized carbons (Fsp3) is 0.449. The third-order valence-corrected chi connectivity index (χ3v) is 13.3. The van der Waals surface area contributed by atoms with Gasteiger partial charge in [-0.15, -0.1) is 0 Å². The van der Waals surface area contributed by atoms with Crippen LogP contribution >= 0.6 is 31.9 Å². The molecule has 67 heavy (non-hydrogen) atoms. The second kappa shape index (κ2) is 22.5. The highest BCUT2D eigenvalue weighted by Gasteiger charge is 2.49. The van der Waals surface area contributed by atoms with Crippen LogP contribution in [0.3, 0.4) is 0 Å². The first-order chi connectivity index (χ1) is 32.1. The van der Waals surface area contributed by atoms with Crippen molar-refractivity contribution in [1.82, 2.24) is 0 Å². The monoisotopic (exact) mass is 1060 g/mol. The number of halogens is 2. The maximum Gasteiger partial charge on any atom is 0.303 e. The first-order valence-corrected chi connectivity index (χ1v) is 23.5. The molecular weight excluding hydrogens is 1000 g/mol. The highest BCUT2D eigenvalue weighted by Crippen LogP contribution is 2.41. The predicted molar refractivity (Wildman–Crippen MR) is 246 cm³/mol. The van der Waals surface area contributed by atoms with Crippen molar-refractivity contribution in [2.45, 2.75) is 95.5 Å². The molecule has 10 atom stereocenters. The van der Waals surface area contributed by atoms with Crippen molar-refractivity contribution in [2.24, 2.45) is 5.92 Å². The van der Waals surface area contributed by atoms with E-state index in [0.717, 1.165) is 54.0 Å². The van der Waals surface area contributed by atoms with Gasteiger partial charge in [-0.25, -0.2) is 0 Å². The van der Waals surface area contributed by atoms with Crippen LogP contribution in [0.15, 0.2) is 81.7 Å². The maximum absolute atomic E-state index is 12.1. The van der Waals surface area contributed by atoms with E-state index >= 15 is 0 Å². The molecule has 2 fully saturated rings. The second-order valence-electron chi connectivity index (χ2n) is 16.7. The topological polar surface area (TPSA) is 215 Å². The summed E-state index contributed by atoms with van der Waals surface area (Å²) in [5.41, 5.74) is 5.34. The van der Waals surface area contributed by atoms with Crippen LogP contribution in [0.5, 0.6) is 23.0 Å². The zero-order chi connectivity index (χ0) is 47.9. The van der Waals surface area contributed by atoms with Crippen LogP contribution in [0.2, 0.25) is 0 Å². The molecule has 4 aromatic carbocycles. The summed E-state index contributed by atoms with van der Waals surface area (Å²) < 4.78 is 52.9. The number of aliphatic hydroxyl groups is 4. The van der Waals surface area contributed by atoms with E-state index in [1.165, 1.54) is 20.8 Å². The van der Waals surface area contributed by atoms with Gasteiger partial charge in [0.25, 0.3) is 0 Å². The smallest absolute Gasteiger partial charge is 0.303 e. The van der Waals surface area contributed by atoms with Crippen molar-refractivity contribution in [3.63, 3.8) is 0 Å². The van der Waals surface area contributed by atoms with Crippen molar-refractivity contribution in [3.05, 3.63) is 115 Å². The number of esters is 3. The molecule has 2 saturated heterocycles. The van der Waals surface area contributed by atoms with E-state index in [0.29, 0.717) is 50.6 Å². The molecule has 8 rings (SSSR count). The lowest BCUT2D eigenvalue weighted by Gasteiger charge is -2.44. The lowest BCUT2D eigenvalue weighted by Crippen LogP contribution is -2.55. The average molecular weight is 1060 g/mol. The highest BCUT2D eigenvalue weighted by atomic mass is 79.9. The molecule has 0 amide bonds. The largest absolute Gasteiger partial charge is 0.486 e. The van der Waals surface area contributed by atoms with Crippen LogP contribution in [0.1, 0.15) is 73.3 Å². The van der Waals surface area contributed by atoms with Crippen LogP contribution in [0, 0.1) is 5.92 Å². The number of benzene rings is 4. The van der Waals surface area contributed by atoms with Gasteiger partial charge in [-0.05, 0) is 82.6 Å². The molecule has 16 nitrogen and oxygen atoms in total. The standard InChI is InChI=1S/C28H31BrO9.C21H23BrO7/c1-15-25(14-35-16(2)30)38-27(28(37-18(4)32)26(15)36-17(3)31)20-6-7-22(29)21(13-20)11-19-5-8-23-24(12-19)34-10-9-33-23;22-14-3-2-12(21-20(26)19(25)18(24)17(10-23)29-21)9-13(14)7-11-1-4-15-16(8-11)28-6-5-27-15/h5-8,12-13,15,25-28H,9-11,14H2,1-4H3;1-4,8-9,17-21,23-26H,5-7,10H2/t15-,25-,26+,27+,28-;17-,18-,19+,20-,21+/m11/s1. The second-order valence-corrected chi connectivity index (χ2v) is 18.4. The summed E-state index contributed by atoms with van der Waals surface area (Å²) >= 11 is 7.20. The Balaban J connectivity index is 0.000000206. The molecule has 0 spiro atoms. The third kappa shape index (κ3) is 12.3. The van der Waals surface area contributed by atoms with E-state index in [1.54, 1.807) is 6.07 Å². The molecule has 0 radical (unpaired) electrons. The van der Waals surface area contributed by atoms with Gasteiger partial charge in [0.05, 0.1) is 12.7 Å². The van der Waals surface area contributed by atoms with Crippen molar-refractivity contribution >= 4 is 49.8 Å². The minimum absolute atomic E-state index is 0.0296. The van der Waals surface area contributed by atoms with Crippen molar-refractivity contribution in [2.75, 3.05) is 39.6 Å². The van der Waals surface area contributed by atoms with Gasteiger partial charge in [-0.3, -0.25) is 14.4 Å². The van der Waals surface area contributed by atoms with Gasteiger partial charge in [0, 0.05) is 35.6 Å². The van der Waals surface area contributed by atoms with Gasteiger partial charge in [0.1, 0.15) is 75.8 Å². The van der Waals surface area contributed by atoms with E-state index in [4.69, 9.17) is 42.6 Å². The Morgan fingerprint density at radius 1 is 0.582 bits per heavy atom. The molecule has 0 aromatic heterocycles. The van der Waals surface area contributed by atoms with Crippen LogP contribution in [0.25, 0.3) is 0 Å². The molecule has 0 unspecified atom stereocenters. The van der Waals surface area contributed by atoms with Crippen molar-refractivity contribution in [1.29, 1.82) is 0 Å². The number of fused-ring (bicyclic) bond motifs is 2. The van der Waals surface area contributed by atoms with E-state index < -0.39 is 85.4 Å². The molecular formula is C49H54Br2O16. The number of carbonyl (C=O) groups is 3. The zero-order valence-electron chi connectivity index (χ0n) is 37.3. The molecule has 4 N–H and O–H groups in total. The number of hydrogen-bond donors (Lipinski definition) is 4. The Morgan fingerprint density at radius 3 is 1.55 bits per heavy atom. The summed E-state index contributed by atoms with van der Waals surface area (Å²) in [5.74, 6) is 0.973. The summed E-state index contributed by atoms with van der Waals surface area (Å²) in [5, 5.41) is 39.9. The number of carbonyl (C=O) groups excluding carboxylic acids is 3. The van der Waals surface area contributed by atoms with E-state index in [-0.39, 0.29) is 6.61 Å². The Kier molecular flexibility index (Phi) is 16.9. The molecule has 4 aromatic rings. The van der Waals surface area contributed by atoms with Gasteiger partial charge in [0.15, 0.2) is 29.1 Å². The summed E-state index contributed by atoms with van der Waals surface area (Å²) in [6.45, 7) is 7.32. The minimum Gasteiger partial charge on any atom is -0.486 e. The maximum atomic E-state index is 12.1. The first kappa shape index (κ1) is 50.1. The van der Waals surface area contributed by atoms with Crippen LogP contribution < -0.4 is 18.9 Å². The minimum atomic E-state index is -1.41. The first-order valence-electron chi connectivity index (χ1n) is 21.9. The average Bonchev–Trinajstić information content (AvgIpc) is 3.30. The van der Waals surface area contributed by atoms with Crippen LogP contribution in [0.4, 0.5) is 0 Å². The van der Waals surface area contributed by atoms with Gasteiger partial charge >= 0.3 is 17.9 Å². The highest BCUT2D eigenvalue weighted by molar-refractivity contribution is 9.10. The van der Waals surface area contributed by atoms with Gasteiger partial charge in [0.2, 0.25) is 0 Å². The Labute approximate surface area is 404 Å². The molecule has 0 saturated carbocycles. The summed E-state index contributed by atoms with van der Waals surface area (Å²) in [7, 11) is 0. The fourth-order valence-electron chi connectivity index (χ4n) is 8.44. The van der Waals surface area contributed by atoms with E-state index in [1.807, 2.05) is 73.7 Å². The van der Waals surface area contributed by atoms with Crippen LogP contribution in [-0.4, -0.2) is 121 Å². The van der Waals surface area contributed by atoms with E-state index in [9.17, 15) is 34.8 Å². The zero-order valence-corrected chi connectivity index (χ0v) is 40.5. The predicted octanol–water partition coefficient (Wildman–Crippen LogP) is 5.64. The summed E-state index contributed by atoms with van der Waals surface area (Å²) in [6, 6.07) is 22.9. The quantitative estimate of drug-likeness (QED) is 0.106. The third-order valence-electron chi connectivity index (χ3n) is 11.8. The van der Waals surface area contributed by atoms with Gasteiger partial charge < -0.3 is 63.1 Å². The normalized spacial score (nSPS) is 26.3. The molecule has 0 bridgehead atoms. The summed E-state index contributed by atoms with van der Waals surface area (Å²) in [6.07, 6.45) is -7.79. The number of hydrogen-bond acceptors (Lipinski definition) is 16. The van der Waals surface area contributed by atoms with Crippen LogP contribution in [-0.2, 0) is 50.9 Å². The Bertz CT molecular complexity index is 2390. The molecule has 4 aliphatic rings. The molecule has 4 aliphatic heterocycles. The fourth-order valence-corrected chi connectivity index (χ4v) is 9.22. The van der Waals surface area contributed by atoms with Crippen molar-refractivity contribution in [3.8, 4) is 23.0 Å². The number of aliphatic hydroxyl groups excluding tert-OH is 4. The number of ether oxygens (including phenoxy) is 9. The molecule has 18 heteroatoms. The van der Waals surface area contributed by atoms with Gasteiger partial charge in [-0.2, -0.15) is 0 Å². The molecule has 0 aliphatic carbocycles. The lowest BCUT2D eigenvalue weighted by molar-refractivity contribution is -0.232. The Morgan fingerprint density at radius 2 is 1.06 bits per heavy atom. The molecule has 360 valence electrons. The molecule has 4 heterocycles. The van der Waals surface area contributed by atoms with Crippen molar-refractivity contribution < 1.29 is 77.4 Å².